The normalized spacial score (nSPS) is 16.5. The average Bonchev–Trinajstić information content (AvgIpc) is 2.81. The van der Waals surface area contributed by atoms with Gasteiger partial charge in [0.05, 0.1) is 16.3 Å². The van der Waals surface area contributed by atoms with Gasteiger partial charge in [-0.3, -0.25) is 9.59 Å². The Labute approximate surface area is 173 Å². The van der Waals surface area contributed by atoms with Crippen molar-refractivity contribution in [2.75, 3.05) is 22.1 Å². The fraction of sp³-hybridized carbons (Fsp3) is 0.300. The van der Waals surface area contributed by atoms with Crippen molar-refractivity contribution in [2.24, 2.45) is 5.92 Å². The molecule has 0 radical (unpaired) electrons. The number of carbonyl (C=O) groups is 2. The van der Waals surface area contributed by atoms with E-state index in [0.717, 1.165) is 4.90 Å². The minimum absolute atomic E-state index is 0.0425. The molecule has 3 rings (SSSR count). The van der Waals surface area contributed by atoms with Crippen LogP contribution in [0.1, 0.15) is 18.9 Å². The largest absolute Gasteiger partial charge is 0.326 e. The topological polar surface area (TPSA) is 92.3 Å². The molecule has 2 aromatic carbocycles. The van der Waals surface area contributed by atoms with Crippen LogP contribution in [-0.4, -0.2) is 31.7 Å². The van der Waals surface area contributed by atoms with E-state index in [0.29, 0.717) is 17.0 Å². The van der Waals surface area contributed by atoms with Crippen molar-refractivity contribution < 1.29 is 22.4 Å². The number of anilines is 2. The Morgan fingerprint density at radius 3 is 2.76 bits per heavy atom. The van der Waals surface area contributed by atoms with Gasteiger partial charge in [0.25, 0.3) is 0 Å². The van der Waals surface area contributed by atoms with Gasteiger partial charge in [-0.25, -0.2) is 12.8 Å². The number of fused-ring (bicyclic) bond motifs is 1. The van der Waals surface area contributed by atoms with Crippen LogP contribution in [0.4, 0.5) is 15.8 Å². The minimum atomic E-state index is -3.73. The summed E-state index contributed by atoms with van der Waals surface area (Å²) in [7, 11) is -3.73. The van der Waals surface area contributed by atoms with Gasteiger partial charge < -0.3 is 10.6 Å². The average molecular weight is 437 g/mol. The van der Waals surface area contributed by atoms with E-state index in [1.54, 1.807) is 19.1 Å². The SMILES string of the molecule is Cc1ccc(NC(=O)CCS(=O)(=O)c2ccc3c(c2)NC(=O)C(C)CS3)cc1F. The van der Waals surface area contributed by atoms with E-state index in [1.807, 2.05) is 6.92 Å². The van der Waals surface area contributed by atoms with Crippen molar-refractivity contribution in [2.45, 2.75) is 30.1 Å². The van der Waals surface area contributed by atoms with Crippen LogP contribution in [0.25, 0.3) is 0 Å². The summed E-state index contributed by atoms with van der Waals surface area (Å²) in [6.07, 6.45) is -0.271. The molecule has 0 bridgehead atoms. The summed E-state index contributed by atoms with van der Waals surface area (Å²) < 4.78 is 38.9. The lowest BCUT2D eigenvalue weighted by Crippen LogP contribution is -2.20. The Hall–Kier alpha value is -2.39. The highest BCUT2D eigenvalue weighted by molar-refractivity contribution is 7.99. The molecule has 2 amide bonds. The van der Waals surface area contributed by atoms with E-state index in [-0.39, 0.29) is 28.8 Å². The molecule has 154 valence electrons. The predicted octanol–water partition coefficient (Wildman–Crippen LogP) is 3.62. The molecule has 0 spiro atoms. The first-order chi connectivity index (χ1) is 13.7. The highest BCUT2D eigenvalue weighted by atomic mass is 32.2. The zero-order chi connectivity index (χ0) is 21.2. The van der Waals surface area contributed by atoms with Crippen LogP contribution in [0.2, 0.25) is 0 Å². The molecule has 1 unspecified atom stereocenters. The van der Waals surface area contributed by atoms with Crippen molar-refractivity contribution in [3.05, 3.63) is 47.8 Å². The number of sulfone groups is 1. The lowest BCUT2D eigenvalue weighted by molar-refractivity contribution is -0.118. The first-order valence-corrected chi connectivity index (χ1v) is 11.7. The van der Waals surface area contributed by atoms with Gasteiger partial charge in [-0.15, -0.1) is 11.8 Å². The fourth-order valence-electron chi connectivity index (χ4n) is 2.71. The number of amides is 2. The summed E-state index contributed by atoms with van der Waals surface area (Å²) in [5, 5.41) is 5.25. The number of nitrogens with one attached hydrogen (secondary N) is 2. The van der Waals surface area contributed by atoms with Crippen molar-refractivity contribution in [1.82, 2.24) is 0 Å². The second-order valence-electron chi connectivity index (χ2n) is 6.94. The van der Waals surface area contributed by atoms with Crippen LogP contribution in [0.5, 0.6) is 0 Å². The molecule has 0 fully saturated rings. The summed E-state index contributed by atoms with van der Waals surface area (Å²) in [6.45, 7) is 3.42. The number of aryl methyl sites for hydroxylation is 1. The third kappa shape index (κ3) is 5.16. The number of hydrogen-bond donors (Lipinski definition) is 2. The molecule has 6 nitrogen and oxygen atoms in total. The molecule has 9 heteroatoms. The highest BCUT2D eigenvalue weighted by Crippen LogP contribution is 2.34. The third-order valence-electron chi connectivity index (χ3n) is 4.56. The molecule has 29 heavy (non-hydrogen) atoms. The second kappa shape index (κ2) is 8.54. The standard InChI is InChI=1S/C20H21FN2O4S2/c1-12-3-4-14(9-16(12)21)22-19(24)7-8-29(26,27)15-5-6-18-17(10-15)23-20(25)13(2)11-28-18/h3-6,9-10,13H,7-8,11H2,1-2H3,(H,22,24)(H,23,25). The van der Waals surface area contributed by atoms with Crippen molar-refractivity contribution in [3.8, 4) is 0 Å². The van der Waals surface area contributed by atoms with Crippen molar-refractivity contribution in [1.29, 1.82) is 0 Å². The number of thioether (sulfide) groups is 1. The van der Waals surface area contributed by atoms with Gasteiger partial charge in [-0.2, -0.15) is 0 Å². The lowest BCUT2D eigenvalue weighted by Gasteiger charge is -2.10. The van der Waals surface area contributed by atoms with Gasteiger partial charge in [0, 0.05) is 28.7 Å². The van der Waals surface area contributed by atoms with Crippen LogP contribution >= 0.6 is 11.8 Å². The minimum Gasteiger partial charge on any atom is -0.326 e. The Balaban J connectivity index is 1.68. The molecular formula is C20H21FN2O4S2. The molecule has 0 aliphatic carbocycles. The van der Waals surface area contributed by atoms with Gasteiger partial charge >= 0.3 is 0 Å². The van der Waals surface area contributed by atoms with E-state index in [4.69, 9.17) is 0 Å². The smallest absolute Gasteiger partial charge is 0.228 e. The number of hydrogen-bond acceptors (Lipinski definition) is 5. The van der Waals surface area contributed by atoms with Gasteiger partial charge in [0.15, 0.2) is 9.84 Å². The molecule has 2 aromatic rings. The molecule has 1 atom stereocenters. The van der Waals surface area contributed by atoms with E-state index in [2.05, 4.69) is 10.6 Å². The molecule has 2 N–H and O–H groups in total. The van der Waals surface area contributed by atoms with E-state index in [9.17, 15) is 22.4 Å². The summed E-state index contributed by atoms with van der Waals surface area (Å²) in [6, 6.07) is 8.86. The third-order valence-corrected chi connectivity index (χ3v) is 7.61. The van der Waals surface area contributed by atoms with Gasteiger partial charge in [0.2, 0.25) is 11.8 Å². The maximum absolute atomic E-state index is 13.6. The zero-order valence-electron chi connectivity index (χ0n) is 16.0. The first kappa shape index (κ1) is 21.3. The van der Waals surface area contributed by atoms with E-state index in [1.165, 1.54) is 36.0 Å². The quantitative estimate of drug-likeness (QED) is 0.747. The number of benzene rings is 2. The lowest BCUT2D eigenvalue weighted by atomic mass is 10.2. The molecule has 1 aliphatic heterocycles. The van der Waals surface area contributed by atoms with Crippen LogP contribution in [-0.2, 0) is 19.4 Å². The monoisotopic (exact) mass is 436 g/mol. The van der Waals surface area contributed by atoms with Crippen molar-refractivity contribution >= 4 is 44.8 Å². The Morgan fingerprint density at radius 2 is 2.03 bits per heavy atom. The molecule has 0 saturated heterocycles. The number of halogens is 1. The molecular weight excluding hydrogens is 415 g/mol. The molecule has 1 heterocycles. The Kier molecular flexibility index (Phi) is 6.28. The number of rotatable bonds is 5. The summed E-state index contributed by atoms with van der Waals surface area (Å²) in [5.74, 6) is -1.09. The zero-order valence-corrected chi connectivity index (χ0v) is 17.6. The van der Waals surface area contributed by atoms with Crippen LogP contribution in [0, 0.1) is 18.7 Å². The van der Waals surface area contributed by atoms with Crippen molar-refractivity contribution in [3.63, 3.8) is 0 Å². The predicted molar refractivity (Wildman–Crippen MR) is 111 cm³/mol. The second-order valence-corrected chi connectivity index (χ2v) is 10.1. The van der Waals surface area contributed by atoms with E-state index < -0.39 is 27.3 Å². The Bertz CT molecular complexity index is 1070. The van der Waals surface area contributed by atoms with E-state index >= 15 is 0 Å². The van der Waals surface area contributed by atoms with Gasteiger partial charge in [-0.05, 0) is 42.8 Å². The van der Waals surface area contributed by atoms with Gasteiger partial charge in [0.1, 0.15) is 5.82 Å². The fourth-order valence-corrected chi connectivity index (χ4v) is 4.98. The Morgan fingerprint density at radius 1 is 1.28 bits per heavy atom. The van der Waals surface area contributed by atoms with Gasteiger partial charge in [-0.1, -0.05) is 13.0 Å². The molecule has 0 aromatic heterocycles. The van der Waals surface area contributed by atoms with Crippen LogP contribution in [0.3, 0.4) is 0 Å². The maximum Gasteiger partial charge on any atom is 0.228 e. The highest BCUT2D eigenvalue weighted by Gasteiger charge is 2.23. The van der Waals surface area contributed by atoms with Crippen LogP contribution in [0.15, 0.2) is 46.2 Å². The number of carbonyl (C=O) groups excluding carboxylic acids is 2. The summed E-state index contributed by atoms with van der Waals surface area (Å²) in [5.41, 5.74) is 1.19. The molecule has 1 aliphatic rings. The molecule has 0 saturated carbocycles. The van der Waals surface area contributed by atoms with Crippen LogP contribution < -0.4 is 10.6 Å². The summed E-state index contributed by atoms with van der Waals surface area (Å²) in [4.78, 5) is 25.0. The summed E-state index contributed by atoms with van der Waals surface area (Å²) >= 11 is 1.49. The maximum atomic E-state index is 13.6. The first-order valence-electron chi connectivity index (χ1n) is 9.02.